The molecule has 1 aromatic carbocycles. The highest BCUT2D eigenvalue weighted by Crippen LogP contribution is 2.22. The molecule has 0 atom stereocenters. The van der Waals surface area contributed by atoms with Gasteiger partial charge in [0.25, 0.3) is 0 Å². The molecule has 0 spiro atoms. The highest BCUT2D eigenvalue weighted by atomic mass is 32.2. The van der Waals surface area contributed by atoms with E-state index in [1.807, 2.05) is 34.9 Å². The Morgan fingerprint density at radius 2 is 1.92 bits per heavy atom. The molecule has 6 nitrogen and oxygen atoms in total. The van der Waals surface area contributed by atoms with Gasteiger partial charge in [-0.15, -0.1) is 0 Å². The molecule has 2 aliphatic rings. The zero-order valence-electron chi connectivity index (χ0n) is 13.7. The highest BCUT2D eigenvalue weighted by Gasteiger charge is 2.14. The van der Waals surface area contributed by atoms with Crippen LogP contribution < -0.4 is 10.7 Å². The molecule has 1 aliphatic heterocycles. The summed E-state index contributed by atoms with van der Waals surface area (Å²) in [5, 5.41) is 4.10. The Hall–Kier alpha value is -2.51. The molecule has 0 saturated carbocycles. The van der Waals surface area contributed by atoms with Gasteiger partial charge in [-0.2, -0.15) is 0 Å². The number of hydrogen-bond acceptors (Lipinski definition) is 5. The van der Waals surface area contributed by atoms with Crippen molar-refractivity contribution in [1.29, 1.82) is 0 Å². The van der Waals surface area contributed by atoms with Gasteiger partial charge in [0.05, 0.1) is 22.5 Å². The summed E-state index contributed by atoms with van der Waals surface area (Å²) in [6, 6.07) is 12.8. The molecule has 0 aromatic heterocycles. The van der Waals surface area contributed by atoms with Crippen molar-refractivity contribution in [2.24, 2.45) is 0 Å². The van der Waals surface area contributed by atoms with Gasteiger partial charge in [0.2, 0.25) is 5.43 Å². The molecule has 0 radical (unpaired) electrons. The quantitative estimate of drug-likeness (QED) is 0.514. The number of hydrogen-bond donors (Lipinski definition) is 1. The normalized spacial score (nSPS) is 11.8. The van der Waals surface area contributed by atoms with E-state index in [9.17, 15) is 13.2 Å². The van der Waals surface area contributed by atoms with Crippen molar-refractivity contribution in [2.75, 3.05) is 18.8 Å². The predicted octanol–water partition coefficient (Wildman–Crippen LogP) is 1.65. The first-order chi connectivity index (χ1) is 12.0. The van der Waals surface area contributed by atoms with E-state index in [0.29, 0.717) is 25.3 Å². The van der Waals surface area contributed by atoms with Gasteiger partial charge in [0.15, 0.2) is 9.84 Å². The van der Waals surface area contributed by atoms with Gasteiger partial charge >= 0.3 is 0 Å². The van der Waals surface area contributed by atoms with E-state index in [-0.39, 0.29) is 11.2 Å². The molecular weight excluding hydrogens is 338 g/mol. The van der Waals surface area contributed by atoms with Crippen LogP contribution in [0.3, 0.4) is 0 Å². The number of para-hydroxylation sites is 3. The van der Waals surface area contributed by atoms with Gasteiger partial charge in [-0.3, -0.25) is 4.79 Å². The van der Waals surface area contributed by atoms with Crippen LogP contribution in [0.5, 0.6) is 0 Å². The zero-order chi connectivity index (χ0) is 17.9. The van der Waals surface area contributed by atoms with E-state index >= 15 is 0 Å². The lowest BCUT2D eigenvalue weighted by atomic mass is 10.1. The Labute approximate surface area is 146 Å². The largest absolute Gasteiger partial charge is 0.337 e. The third-order valence-electron chi connectivity index (χ3n) is 4.00. The molecule has 1 aromatic rings. The van der Waals surface area contributed by atoms with Crippen LogP contribution in [0.15, 0.2) is 59.2 Å². The fourth-order valence-corrected chi connectivity index (χ4v) is 3.33. The number of rotatable bonds is 7. The van der Waals surface area contributed by atoms with Crippen molar-refractivity contribution in [2.45, 2.75) is 6.54 Å². The van der Waals surface area contributed by atoms with Crippen LogP contribution >= 0.6 is 0 Å². The number of fused-ring (bicyclic) bond motifs is 2. The van der Waals surface area contributed by atoms with Crippen LogP contribution in [0.1, 0.15) is 0 Å². The number of aromatic nitrogens is 2. The van der Waals surface area contributed by atoms with Gasteiger partial charge in [-0.25, -0.2) is 13.4 Å². The lowest BCUT2D eigenvalue weighted by Gasteiger charge is -2.18. The number of benzene rings is 2. The van der Waals surface area contributed by atoms with E-state index in [4.69, 9.17) is 0 Å². The fourth-order valence-electron chi connectivity index (χ4n) is 2.73. The summed E-state index contributed by atoms with van der Waals surface area (Å²) in [5.74, 6) is 0.0176. The second kappa shape index (κ2) is 7.16. The van der Waals surface area contributed by atoms with Gasteiger partial charge in [-0.05, 0) is 24.3 Å². The molecule has 130 valence electrons. The van der Waals surface area contributed by atoms with Crippen molar-refractivity contribution in [3.63, 3.8) is 0 Å². The summed E-state index contributed by atoms with van der Waals surface area (Å²) in [6.45, 7) is 4.82. The van der Waals surface area contributed by atoms with Crippen molar-refractivity contribution >= 4 is 20.9 Å². The van der Waals surface area contributed by atoms with Crippen LogP contribution in [-0.4, -0.2) is 36.8 Å². The smallest absolute Gasteiger partial charge is 0.206 e. The van der Waals surface area contributed by atoms with E-state index < -0.39 is 9.84 Å². The first kappa shape index (κ1) is 17.3. The summed E-state index contributed by atoms with van der Waals surface area (Å²) in [6.07, 6.45) is 0. The Morgan fingerprint density at radius 3 is 2.72 bits per heavy atom. The van der Waals surface area contributed by atoms with Crippen LogP contribution in [0, 0.1) is 0 Å². The average Bonchev–Trinajstić information content (AvgIpc) is 2.61. The first-order valence-corrected chi connectivity index (χ1v) is 9.67. The molecule has 1 heterocycles. The van der Waals surface area contributed by atoms with E-state index in [1.165, 1.54) is 6.07 Å². The Balaban J connectivity index is 1.85. The maximum absolute atomic E-state index is 12.1. The zero-order valence-corrected chi connectivity index (χ0v) is 14.5. The molecule has 1 aliphatic carbocycles. The standard InChI is InChI=1S/C18H19N3O3S/c1-2-25(23,24)13-11-19-10-12-21-15-7-4-3-6-14(15)20-18-16(21)8-5-9-17(18)22/h2-9,19H,1,10-13H2. The molecule has 0 amide bonds. The lowest BCUT2D eigenvalue weighted by Crippen LogP contribution is -2.27. The third-order valence-corrected chi connectivity index (χ3v) is 5.28. The number of sulfone groups is 1. The van der Waals surface area contributed by atoms with Gasteiger partial charge in [-0.1, -0.05) is 24.8 Å². The minimum absolute atomic E-state index is 0.0176. The fraction of sp³-hybridized carbons (Fsp3) is 0.222. The monoisotopic (exact) mass is 357 g/mol. The SMILES string of the molecule is C=CS(=O)(=O)CCNCCn1c2cccc(=O)c-2nc2ccccc21. The molecule has 0 bridgehead atoms. The number of nitrogens with one attached hydrogen (secondary N) is 1. The maximum atomic E-state index is 12.1. The summed E-state index contributed by atoms with van der Waals surface area (Å²) in [5.41, 5.74) is 2.79. The predicted molar refractivity (Wildman–Crippen MR) is 99.5 cm³/mol. The Bertz CT molecular complexity index is 1040. The van der Waals surface area contributed by atoms with E-state index in [1.54, 1.807) is 6.07 Å². The van der Waals surface area contributed by atoms with Crippen molar-refractivity contribution in [1.82, 2.24) is 14.9 Å². The molecular formula is C18H19N3O3S. The molecule has 3 rings (SSSR count). The molecule has 0 unspecified atom stereocenters. The minimum atomic E-state index is -3.20. The minimum Gasteiger partial charge on any atom is -0.337 e. The van der Waals surface area contributed by atoms with Crippen LogP contribution in [0.2, 0.25) is 0 Å². The summed E-state index contributed by atoms with van der Waals surface area (Å²) in [4.78, 5) is 16.6. The third kappa shape index (κ3) is 3.78. The number of nitrogens with zero attached hydrogens (tertiary/aromatic N) is 2. The molecule has 1 N–H and O–H groups in total. The summed E-state index contributed by atoms with van der Waals surface area (Å²) in [7, 11) is -3.20. The molecule has 7 heteroatoms. The van der Waals surface area contributed by atoms with Crippen LogP contribution in [0.25, 0.3) is 22.4 Å². The summed E-state index contributed by atoms with van der Waals surface area (Å²) >= 11 is 0. The van der Waals surface area contributed by atoms with Crippen molar-refractivity contribution in [3.05, 3.63) is 64.7 Å². The molecule has 25 heavy (non-hydrogen) atoms. The summed E-state index contributed by atoms with van der Waals surface area (Å²) < 4.78 is 24.9. The topological polar surface area (TPSA) is 81.1 Å². The van der Waals surface area contributed by atoms with Gasteiger partial charge < -0.3 is 9.88 Å². The Kier molecular flexibility index (Phi) is 4.96. The highest BCUT2D eigenvalue weighted by molar-refractivity contribution is 7.94. The van der Waals surface area contributed by atoms with Crippen molar-refractivity contribution < 1.29 is 8.42 Å². The second-order valence-electron chi connectivity index (χ2n) is 5.66. The van der Waals surface area contributed by atoms with E-state index in [2.05, 4.69) is 16.9 Å². The van der Waals surface area contributed by atoms with Crippen LogP contribution in [0.4, 0.5) is 0 Å². The van der Waals surface area contributed by atoms with Crippen molar-refractivity contribution in [3.8, 4) is 11.4 Å². The van der Waals surface area contributed by atoms with Gasteiger partial charge in [0.1, 0.15) is 5.69 Å². The average molecular weight is 357 g/mol. The Morgan fingerprint density at radius 1 is 1.12 bits per heavy atom. The van der Waals surface area contributed by atoms with Gasteiger partial charge in [0, 0.05) is 25.0 Å². The van der Waals surface area contributed by atoms with E-state index in [0.717, 1.165) is 22.1 Å². The van der Waals surface area contributed by atoms with Crippen LogP contribution in [-0.2, 0) is 16.4 Å². The second-order valence-corrected chi connectivity index (χ2v) is 7.73. The first-order valence-electron chi connectivity index (χ1n) is 7.96. The molecule has 0 fully saturated rings. The maximum Gasteiger partial charge on any atom is 0.206 e. The lowest BCUT2D eigenvalue weighted by molar-refractivity contribution is 0.592. The molecule has 0 saturated heterocycles.